The van der Waals surface area contributed by atoms with Gasteiger partial charge in [-0.15, -0.1) is 0 Å². The van der Waals surface area contributed by atoms with E-state index in [0.717, 1.165) is 29.6 Å². The molecule has 1 aliphatic rings. The lowest BCUT2D eigenvalue weighted by atomic mass is 9.91. The fraction of sp³-hybridized carbons (Fsp3) is 0.450. The van der Waals surface area contributed by atoms with Crippen molar-refractivity contribution >= 4 is 33.6 Å². The third kappa shape index (κ3) is 4.79. The van der Waals surface area contributed by atoms with Gasteiger partial charge in [-0.2, -0.15) is 0 Å². The maximum absolute atomic E-state index is 13.2. The zero-order valence-corrected chi connectivity index (χ0v) is 18.0. The van der Waals surface area contributed by atoms with Crippen molar-refractivity contribution in [2.75, 3.05) is 0 Å². The molecule has 1 amide bonds. The van der Waals surface area contributed by atoms with Crippen LogP contribution in [0.25, 0.3) is 0 Å². The van der Waals surface area contributed by atoms with Gasteiger partial charge in [0.1, 0.15) is 10.2 Å². The molecule has 1 fully saturated rings. The second kappa shape index (κ2) is 8.15. The van der Waals surface area contributed by atoms with Crippen LogP contribution < -0.4 is 0 Å². The highest BCUT2D eigenvalue weighted by molar-refractivity contribution is 9.10. The number of nitrogens with zero attached hydrogens (tertiary/aromatic N) is 3. The van der Waals surface area contributed by atoms with Crippen LogP contribution in [0.5, 0.6) is 0 Å². The van der Waals surface area contributed by atoms with E-state index in [4.69, 9.17) is 16.3 Å². The maximum atomic E-state index is 13.2. The van der Waals surface area contributed by atoms with Crippen molar-refractivity contribution in [3.05, 3.63) is 57.5 Å². The third-order valence-corrected chi connectivity index (χ3v) is 5.17. The quantitative estimate of drug-likeness (QED) is 0.517. The van der Waals surface area contributed by atoms with Crippen molar-refractivity contribution in [2.45, 2.75) is 57.7 Å². The second-order valence-corrected chi connectivity index (χ2v) is 8.83. The SMILES string of the molecule is CC(C)(C)OC(=O)N1[C@@H](c2cccc(Br)n2)CCC[C@H]1c1ncccc1Cl. The van der Waals surface area contributed by atoms with Crippen LogP contribution in [0.2, 0.25) is 5.02 Å². The Kier molecular flexibility index (Phi) is 6.06. The number of halogens is 2. The van der Waals surface area contributed by atoms with Gasteiger partial charge >= 0.3 is 6.09 Å². The molecular weight excluding hydrogens is 430 g/mol. The van der Waals surface area contributed by atoms with E-state index >= 15 is 0 Å². The zero-order chi connectivity index (χ0) is 19.6. The number of ether oxygens (including phenoxy) is 1. The average Bonchev–Trinajstić information content (AvgIpc) is 2.60. The first-order valence-electron chi connectivity index (χ1n) is 9.00. The predicted octanol–water partition coefficient (Wildman–Crippen LogP) is 6.10. The van der Waals surface area contributed by atoms with E-state index in [-0.39, 0.29) is 18.2 Å². The van der Waals surface area contributed by atoms with Crippen LogP contribution in [0.15, 0.2) is 41.1 Å². The van der Waals surface area contributed by atoms with Gasteiger partial charge in [0.25, 0.3) is 0 Å². The number of carbonyl (C=O) groups excluding carboxylic acids is 1. The minimum atomic E-state index is -0.595. The molecule has 0 unspecified atom stereocenters. The molecule has 0 aliphatic carbocycles. The van der Waals surface area contributed by atoms with E-state index in [9.17, 15) is 4.79 Å². The predicted molar refractivity (Wildman–Crippen MR) is 109 cm³/mol. The number of rotatable bonds is 2. The number of piperidine rings is 1. The molecule has 1 aliphatic heterocycles. The normalized spacial score (nSPS) is 20.4. The number of carbonyl (C=O) groups is 1. The van der Waals surface area contributed by atoms with Crippen LogP contribution in [0.1, 0.15) is 63.5 Å². The van der Waals surface area contributed by atoms with Gasteiger partial charge in [-0.05, 0) is 80.2 Å². The monoisotopic (exact) mass is 451 g/mol. The minimum absolute atomic E-state index is 0.200. The fourth-order valence-electron chi connectivity index (χ4n) is 3.38. The molecule has 0 radical (unpaired) electrons. The summed E-state index contributed by atoms with van der Waals surface area (Å²) in [6.07, 6.45) is 3.86. The highest BCUT2D eigenvalue weighted by Crippen LogP contribution is 2.43. The van der Waals surface area contributed by atoms with E-state index in [0.29, 0.717) is 10.7 Å². The first kappa shape index (κ1) is 20.1. The van der Waals surface area contributed by atoms with Crippen LogP contribution in [0, 0.1) is 0 Å². The number of pyridine rings is 2. The van der Waals surface area contributed by atoms with Crippen LogP contribution in [0.3, 0.4) is 0 Å². The Hall–Kier alpha value is -1.66. The van der Waals surface area contributed by atoms with Crippen molar-refractivity contribution < 1.29 is 9.53 Å². The summed E-state index contributed by atoms with van der Waals surface area (Å²) in [5, 5.41) is 0.555. The summed E-state index contributed by atoms with van der Waals surface area (Å²) < 4.78 is 6.47. The molecular formula is C20H23BrClN3O2. The van der Waals surface area contributed by atoms with Crippen LogP contribution >= 0.6 is 27.5 Å². The largest absolute Gasteiger partial charge is 0.444 e. The topological polar surface area (TPSA) is 55.3 Å². The van der Waals surface area contributed by atoms with Crippen molar-refractivity contribution in [3.63, 3.8) is 0 Å². The highest BCUT2D eigenvalue weighted by atomic mass is 79.9. The molecule has 0 aromatic carbocycles. The number of aromatic nitrogens is 2. The molecule has 1 saturated heterocycles. The van der Waals surface area contributed by atoms with Gasteiger partial charge in [-0.1, -0.05) is 17.7 Å². The number of hydrogen-bond acceptors (Lipinski definition) is 4. The third-order valence-electron chi connectivity index (χ3n) is 4.41. The number of likely N-dealkylation sites (tertiary alicyclic amines) is 1. The summed E-state index contributed by atoms with van der Waals surface area (Å²) in [7, 11) is 0. The summed E-state index contributed by atoms with van der Waals surface area (Å²) in [5.41, 5.74) is 0.930. The van der Waals surface area contributed by atoms with Crippen molar-refractivity contribution in [2.24, 2.45) is 0 Å². The molecule has 0 saturated carbocycles. The van der Waals surface area contributed by atoms with E-state index in [1.54, 1.807) is 23.2 Å². The lowest BCUT2D eigenvalue weighted by Gasteiger charge is -2.42. The lowest BCUT2D eigenvalue weighted by Crippen LogP contribution is -2.44. The van der Waals surface area contributed by atoms with Gasteiger partial charge in [0.2, 0.25) is 0 Å². The van der Waals surface area contributed by atoms with Gasteiger partial charge < -0.3 is 4.74 Å². The Morgan fingerprint density at radius 3 is 2.63 bits per heavy atom. The molecule has 7 heteroatoms. The van der Waals surface area contributed by atoms with E-state index in [2.05, 4.69) is 25.9 Å². The molecule has 5 nitrogen and oxygen atoms in total. The molecule has 2 aromatic heterocycles. The van der Waals surface area contributed by atoms with E-state index < -0.39 is 5.60 Å². The Labute approximate surface area is 173 Å². The Morgan fingerprint density at radius 1 is 1.22 bits per heavy atom. The summed E-state index contributed by atoms with van der Waals surface area (Å²) in [6.45, 7) is 5.60. The maximum Gasteiger partial charge on any atom is 0.411 e. The molecule has 144 valence electrons. The zero-order valence-electron chi connectivity index (χ0n) is 15.7. The van der Waals surface area contributed by atoms with Gasteiger partial charge in [-0.25, -0.2) is 9.78 Å². The summed E-state index contributed by atoms with van der Waals surface area (Å²) in [6, 6.07) is 8.88. The van der Waals surface area contributed by atoms with Crippen LogP contribution in [-0.4, -0.2) is 26.6 Å². The first-order chi connectivity index (χ1) is 12.8. The minimum Gasteiger partial charge on any atom is -0.444 e. The standard InChI is InChI=1S/C20H23BrClN3O2/c1-20(2,3)27-19(26)25-15(14-8-4-11-17(21)24-14)9-5-10-16(25)18-13(22)7-6-12-23-18/h4,6-8,11-12,15-16H,5,9-10H2,1-3H3/t15-,16+/m1/s1. The van der Waals surface area contributed by atoms with Crippen molar-refractivity contribution in [3.8, 4) is 0 Å². The van der Waals surface area contributed by atoms with Gasteiger partial charge in [-0.3, -0.25) is 9.88 Å². The summed E-state index contributed by atoms with van der Waals surface area (Å²) in [4.78, 5) is 24.0. The molecule has 2 aromatic rings. The Bertz CT molecular complexity index is 825. The summed E-state index contributed by atoms with van der Waals surface area (Å²) >= 11 is 9.84. The number of amides is 1. The molecule has 2 atom stereocenters. The average molecular weight is 453 g/mol. The summed E-state index contributed by atoms with van der Waals surface area (Å²) in [5.74, 6) is 0. The lowest BCUT2D eigenvalue weighted by molar-refractivity contribution is -0.00794. The molecule has 0 spiro atoms. The molecule has 3 heterocycles. The van der Waals surface area contributed by atoms with Gasteiger partial charge in [0.15, 0.2) is 0 Å². The highest BCUT2D eigenvalue weighted by Gasteiger charge is 2.40. The number of hydrogen-bond donors (Lipinski definition) is 0. The van der Waals surface area contributed by atoms with E-state index in [1.807, 2.05) is 39.0 Å². The first-order valence-corrected chi connectivity index (χ1v) is 10.2. The molecule has 27 heavy (non-hydrogen) atoms. The molecule has 0 N–H and O–H groups in total. The Morgan fingerprint density at radius 2 is 1.96 bits per heavy atom. The van der Waals surface area contributed by atoms with E-state index in [1.165, 1.54) is 0 Å². The fourth-order valence-corrected chi connectivity index (χ4v) is 3.99. The molecule has 3 rings (SSSR count). The van der Waals surface area contributed by atoms with Crippen LogP contribution in [0.4, 0.5) is 4.79 Å². The van der Waals surface area contributed by atoms with Crippen molar-refractivity contribution in [1.82, 2.24) is 14.9 Å². The second-order valence-electron chi connectivity index (χ2n) is 7.61. The Balaban J connectivity index is 2.04. The van der Waals surface area contributed by atoms with Gasteiger partial charge in [0, 0.05) is 6.20 Å². The molecule has 0 bridgehead atoms. The smallest absolute Gasteiger partial charge is 0.411 e. The van der Waals surface area contributed by atoms with Gasteiger partial charge in [0.05, 0.1) is 28.5 Å². The van der Waals surface area contributed by atoms with Crippen LogP contribution in [-0.2, 0) is 4.74 Å². The van der Waals surface area contributed by atoms with Crippen molar-refractivity contribution in [1.29, 1.82) is 0 Å².